The highest BCUT2D eigenvalue weighted by Gasteiger charge is 2.28. The Bertz CT molecular complexity index is 838. The minimum Gasteiger partial charge on any atom is -0.352 e. The van der Waals surface area contributed by atoms with E-state index in [1.165, 1.54) is 18.4 Å². The summed E-state index contributed by atoms with van der Waals surface area (Å²) < 4.78 is 0. The molecule has 0 spiro atoms. The van der Waals surface area contributed by atoms with Crippen molar-refractivity contribution in [3.63, 3.8) is 0 Å². The van der Waals surface area contributed by atoms with Crippen molar-refractivity contribution >= 4 is 11.8 Å². The highest BCUT2D eigenvalue weighted by atomic mass is 16.2. The molecule has 1 aliphatic rings. The Balaban J connectivity index is 1.77. The normalized spacial score (nSPS) is 15.1. The molecule has 0 aromatic heterocycles. The van der Waals surface area contributed by atoms with Gasteiger partial charge in [0.15, 0.2) is 0 Å². The molecule has 1 aliphatic carbocycles. The summed E-state index contributed by atoms with van der Waals surface area (Å²) in [6.45, 7) is 6.36. The van der Waals surface area contributed by atoms with Crippen LogP contribution in [0.5, 0.6) is 0 Å². The first kappa shape index (κ1) is 21.1. The molecule has 2 aromatic rings. The van der Waals surface area contributed by atoms with Crippen molar-refractivity contribution in [3.05, 3.63) is 70.8 Å². The fraction of sp³-hybridized carbons (Fsp3) is 0.440. The molecule has 0 unspecified atom stereocenters. The second kappa shape index (κ2) is 9.73. The van der Waals surface area contributed by atoms with Gasteiger partial charge < -0.3 is 10.2 Å². The van der Waals surface area contributed by atoms with Crippen molar-refractivity contribution in [1.29, 1.82) is 0 Å². The fourth-order valence-electron chi connectivity index (χ4n) is 3.93. The Morgan fingerprint density at radius 1 is 1.03 bits per heavy atom. The first-order chi connectivity index (χ1) is 13.9. The Morgan fingerprint density at radius 2 is 1.69 bits per heavy atom. The van der Waals surface area contributed by atoms with Gasteiger partial charge in [-0.1, -0.05) is 66.9 Å². The SMILES string of the molecule is Cc1ccc(CC(=O)N(Cc2ccccc2C)[C@H](C)C(=O)NC2CCCC2)cc1. The van der Waals surface area contributed by atoms with Crippen LogP contribution in [0.3, 0.4) is 0 Å². The van der Waals surface area contributed by atoms with Crippen LogP contribution < -0.4 is 5.32 Å². The maximum Gasteiger partial charge on any atom is 0.242 e. The van der Waals surface area contributed by atoms with Gasteiger partial charge in [-0.25, -0.2) is 0 Å². The third kappa shape index (κ3) is 5.69. The van der Waals surface area contributed by atoms with Crippen LogP contribution >= 0.6 is 0 Å². The molecule has 2 amide bonds. The molecule has 4 heteroatoms. The molecule has 0 aliphatic heterocycles. The summed E-state index contributed by atoms with van der Waals surface area (Å²) in [4.78, 5) is 27.9. The summed E-state index contributed by atoms with van der Waals surface area (Å²) in [7, 11) is 0. The summed E-state index contributed by atoms with van der Waals surface area (Å²) in [5.41, 5.74) is 4.34. The molecule has 2 aromatic carbocycles. The number of carbonyl (C=O) groups is 2. The van der Waals surface area contributed by atoms with Crippen molar-refractivity contribution in [2.45, 2.75) is 71.5 Å². The van der Waals surface area contributed by atoms with Crippen LogP contribution in [0.4, 0.5) is 0 Å². The van der Waals surface area contributed by atoms with Crippen molar-refractivity contribution in [2.24, 2.45) is 0 Å². The quantitative estimate of drug-likeness (QED) is 0.763. The van der Waals surface area contributed by atoms with Gasteiger partial charge in [0.2, 0.25) is 11.8 Å². The number of nitrogens with one attached hydrogen (secondary N) is 1. The van der Waals surface area contributed by atoms with Crippen molar-refractivity contribution in [3.8, 4) is 0 Å². The number of benzene rings is 2. The lowest BCUT2D eigenvalue weighted by Gasteiger charge is -2.30. The molecule has 1 saturated carbocycles. The van der Waals surface area contributed by atoms with Gasteiger partial charge in [-0.15, -0.1) is 0 Å². The zero-order valence-electron chi connectivity index (χ0n) is 17.8. The molecule has 29 heavy (non-hydrogen) atoms. The molecule has 0 heterocycles. The molecule has 154 valence electrons. The van der Waals surface area contributed by atoms with E-state index in [1.807, 2.05) is 69.3 Å². The van der Waals surface area contributed by atoms with E-state index in [2.05, 4.69) is 5.32 Å². The Hall–Kier alpha value is -2.62. The number of carbonyl (C=O) groups excluding carboxylic acids is 2. The van der Waals surface area contributed by atoms with E-state index >= 15 is 0 Å². The largest absolute Gasteiger partial charge is 0.352 e. The van der Waals surface area contributed by atoms with Gasteiger partial charge in [0, 0.05) is 12.6 Å². The highest BCUT2D eigenvalue weighted by molar-refractivity contribution is 5.88. The molecule has 0 radical (unpaired) electrons. The maximum atomic E-state index is 13.2. The highest BCUT2D eigenvalue weighted by Crippen LogP contribution is 2.19. The van der Waals surface area contributed by atoms with E-state index in [0.717, 1.165) is 29.5 Å². The van der Waals surface area contributed by atoms with Gasteiger partial charge in [0.1, 0.15) is 6.04 Å². The molecule has 0 saturated heterocycles. The number of nitrogens with zero attached hydrogens (tertiary/aromatic N) is 1. The topological polar surface area (TPSA) is 49.4 Å². The number of hydrogen-bond acceptors (Lipinski definition) is 2. The Kier molecular flexibility index (Phi) is 7.08. The third-order valence-electron chi connectivity index (χ3n) is 5.95. The smallest absolute Gasteiger partial charge is 0.242 e. The van der Waals surface area contributed by atoms with Gasteiger partial charge in [0.25, 0.3) is 0 Å². The minimum atomic E-state index is -0.506. The Morgan fingerprint density at radius 3 is 2.34 bits per heavy atom. The predicted octanol–water partition coefficient (Wildman–Crippen LogP) is 4.32. The van der Waals surface area contributed by atoms with E-state index in [9.17, 15) is 9.59 Å². The zero-order valence-corrected chi connectivity index (χ0v) is 17.8. The molecule has 1 fully saturated rings. The van der Waals surface area contributed by atoms with Crippen molar-refractivity contribution in [1.82, 2.24) is 10.2 Å². The van der Waals surface area contributed by atoms with E-state index in [0.29, 0.717) is 13.0 Å². The van der Waals surface area contributed by atoms with Gasteiger partial charge in [-0.2, -0.15) is 0 Å². The van der Waals surface area contributed by atoms with Crippen molar-refractivity contribution < 1.29 is 9.59 Å². The van der Waals surface area contributed by atoms with Crippen LogP contribution in [0, 0.1) is 13.8 Å². The summed E-state index contributed by atoms with van der Waals surface area (Å²) in [5, 5.41) is 3.15. The number of hydrogen-bond donors (Lipinski definition) is 1. The van der Waals surface area contributed by atoms with E-state index in [4.69, 9.17) is 0 Å². The fourth-order valence-corrected chi connectivity index (χ4v) is 3.93. The lowest BCUT2D eigenvalue weighted by Crippen LogP contribution is -2.50. The van der Waals surface area contributed by atoms with Gasteiger partial charge >= 0.3 is 0 Å². The standard InChI is InChI=1S/C25H32N2O2/c1-18-12-14-21(15-13-18)16-24(28)27(17-22-9-5-4-8-19(22)2)20(3)25(29)26-23-10-6-7-11-23/h4-5,8-9,12-15,20,23H,6-7,10-11,16-17H2,1-3H3,(H,26,29)/t20-/m1/s1. The number of rotatable bonds is 7. The number of amides is 2. The average molecular weight is 393 g/mol. The first-order valence-electron chi connectivity index (χ1n) is 10.6. The molecular formula is C25H32N2O2. The third-order valence-corrected chi connectivity index (χ3v) is 5.95. The first-order valence-corrected chi connectivity index (χ1v) is 10.6. The van der Waals surface area contributed by atoms with Crippen molar-refractivity contribution in [2.75, 3.05) is 0 Å². The molecule has 1 atom stereocenters. The number of aryl methyl sites for hydroxylation is 2. The predicted molar refractivity (Wildman–Crippen MR) is 116 cm³/mol. The summed E-state index contributed by atoms with van der Waals surface area (Å²) in [5.74, 6) is -0.0751. The van der Waals surface area contributed by atoms with E-state index < -0.39 is 6.04 Å². The average Bonchev–Trinajstić information content (AvgIpc) is 3.21. The summed E-state index contributed by atoms with van der Waals surface area (Å²) in [6, 6.07) is 15.8. The van der Waals surface area contributed by atoms with Crippen LogP contribution in [0.25, 0.3) is 0 Å². The van der Waals surface area contributed by atoms with Crippen LogP contribution in [0.2, 0.25) is 0 Å². The van der Waals surface area contributed by atoms with E-state index in [1.54, 1.807) is 4.90 Å². The van der Waals surface area contributed by atoms with E-state index in [-0.39, 0.29) is 17.9 Å². The molecule has 1 N–H and O–H groups in total. The van der Waals surface area contributed by atoms with Crippen LogP contribution in [0.1, 0.15) is 54.9 Å². The van der Waals surface area contributed by atoms with Crippen LogP contribution in [-0.2, 0) is 22.6 Å². The molecule has 4 nitrogen and oxygen atoms in total. The summed E-state index contributed by atoms with van der Waals surface area (Å²) in [6.07, 6.45) is 4.70. The maximum absolute atomic E-state index is 13.2. The van der Waals surface area contributed by atoms with Gasteiger partial charge in [-0.05, 0) is 50.3 Å². The summed E-state index contributed by atoms with van der Waals surface area (Å²) >= 11 is 0. The molecule has 3 rings (SSSR count). The van der Waals surface area contributed by atoms with Crippen LogP contribution in [-0.4, -0.2) is 28.8 Å². The van der Waals surface area contributed by atoms with Crippen LogP contribution in [0.15, 0.2) is 48.5 Å². The van der Waals surface area contributed by atoms with Gasteiger partial charge in [0.05, 0.1) is 6.42 Å². The van der Waals surface area contributed by atoms with Gasteiger partial charge in [-0.3, -0.25) is 9.59 Å². The lowest BCUT2D eigenvalue weighted by molar-refractivity contribution is -0.140. The lowest BCUT2D eigenvalue weighted by atomic mass is 10.0. The second-order valence-electron chi connectivity index (χ2n) is 8.28. The Labute approximate surface area is 174 Å². The minimum absolute atomic E-state index is 0.0221. The zero-order chi connectivity index (χ0) is 20.8. The second-order valence-corrected chi connectivity index (χ2v) is 8.28. The molecule has 0 bridgehead atoms. The molecular weight excluding hydrogens is 360 g/mol. The monoisotopic (exact) mass is 392 g/mol.